The third kappa shape index (κ3) is 8.88. The fourth-order valence-corrected chi connectivity index (χ4v) is 7.28. The maximum Gasteiger partial charge on any atom is 0.416 e. The van der Waals surface area contributed by atoms with Crippen molar-refractivity contribution in [3.8, 4) is 0 Å². The van der Waals surface area contributed by atoms with E-state index in [0.717, 1.165) is 32.1 Å². The standard InChI is InChI=1S/C35H41F7N4O4/c36-28-11-9-22(10-12-28)14-25-19-45(33(49)50-21-24-15-26(34(37,38)39)17-27(16-24)35(40,41)42)30-20-44(18-23-6-2-1-3-7-23)32(48)29(8-4-5-13-43)46(30)31(25)47/h9-12,15-17,23,25,29-30H,1-8,13-14,18-21,43H2/t25-,29-,30+/m0/s1. The van der Waals surface area contributed by atoms with Gasteiger partial charge in [0.2, 0.25) is 11.8 Å². The molecule has 1 saturated carbocycles. The number of amides is 3. The molecule has 2 aliphatic heterocycles. The fourth-order valence-electron chi connectivity index (χ4n) is 7.28. The van der Waals surface area contributed by atoms with Crippen LogP contribution < -0.4 is 5.73 Å². The van der Waals surface area contributed by atoms with Crippen LogP contribution in [0.3, 0.4) is 0 Å². The second-order valence-electron chi connectivity index (χ2n) is 13.4. The van der Waals surface area contributed by atoms with Crippen LogP contribution in [0.5, 0.6) is 0 Å². The zero-order valence-corrected chi connectivity index (χ0v) is 27.4. The summed E-state index contributed by atoms with van der Waals surface area (Å²) in [6.07, 6.45) is -5.77. The smallest absolute Gasteiger partial charge is 0.416 e. The Morgan fingerprint density at radius 2 is 1.48 bits per heavy atom. The van der Waals surface area contributed by atoms with Crippen LogP contribution in [0.1, 0.15) is 73.6 Å². The topological polar surface area (TPSA) is 96.2 Å². The number of fused-ring (bicyclic) bond motifs is 1. The lowest BCUT2D eigenvalue weighted by molar-refractivity contribution is -0.174. The van der Waals surface area contributed by atoms with E-state index in [1.807, 2.05) is 0 Å². The Morgan fingerprint density at radius 3 is 2.08 bits per heavy atom. The molecule has 2 heterocycles. The lowest BCUT2D eigenvalue weighted by Crippen LogP contribution is -2.73. The molecule has 2 aromatic rings. The predicted octanol–water partition coefficient (Wildman–Crippen LogP) is 6.75. The van der Waals surface area contributed by atoms with Gasteiger partial charge in [0.1, 0.15) is 24.6 Å². The molecule has 15 heteroatoms. The van der Waals surface area contributed by atoms with Crippen LogP contribution in [0, 0.1) is 17.7 Å². The van der Waals surface area contributed by atoms with E-state index in [2.05, 4.69) is 0 Å². The van der Waals surface area contributed by atoms with Gasteiger partial charge in [-0.05, 0) is 92.4 Å². The molecule has 2 saturated heterocycles. The highest BCUT2D eigenvalue weighted by molar-refractivity contribution is 5.91. The Kier molecular flexibility index (Phi) is 11.6. The van der Waals surface area contributed by atoms with Crippen molar-refractivity contribution in [1.29, 1.82) is 0 Å². The Bertz CT molecular complexity index is 1480. The number of alkyl halides is 6. The van der Waals surface area contributed by atoms with Gasteiger partial charge in [0.05, 0.1) is 23.6 Å². The summed E-state index contributed by atoms with van der Waals surface area (Å²) >= 11 is 0. The summed E-state index contributed by atoms with van der Waals surface area (Å²) in [5, 5.41) is 0. The van der Waals surface area contributed by atoms with Gasteiger partial charge in [-0.3, -0.25) is 14.5 Å². The van der Waals surface area contributed by atoms with Crippen molar-refractivity contribution in [2.24, 2.45) is 17.6 Å². The summed E-state index contributed by atoms with van der Waals surface area (Å²) in [6, 6.07) is 5.49. The van der Waals surface area contributed by atoms with Gasteiger partial charge < -0.3 is 20.3 Å². The molecule has 2 N–H and O–H groups in total. The maximum absolute atomic E-state index is 14.2. The number of nitrogens with zero attached hydrogens (tertiary/aromatic N) is 3. The second kappa shape index (κ2) is 15.6. The van der Waals surface area contributed by atoms with E-state index in [1.54, 1.807) is 4.90 Å². The van der Waals surface area contributed by atoms with Gasteiger partial charge in [-0.25, -0.2) is 9.18 Å². The molecule has 0 spiro atoms. The van der Waals surface area contributed by atoms with Crippen molar-refractivity contribution in [3.63, 3.8) is 0 Å². The van der Waals surface area contributed by atoms with Crippen LogP contribution in [-0.2, 0) is 39.7 Å². The zero-order chi connectivity index (χ0) is 36.2. The minimum absolute atomic E-state index is 0.00968. The van der Waals surface area contributed by atoms with Gasteiger partial charge in [-0.15, -0.1) is 0 Å². The highest BCUT2D eigenvalue weighted by Crippen LogP contribution is 2.37. The van der Waals surface area contributed by atoms with E-state index in [0.29, 0.717) is 43.6 Å². The number of rotatable bonds is 10. The molecule has 3 fully saturated rings. The number of piperazine rings is 1. The molecule has 0 unspecified atom stereocenters. The van der Waals surface area contributed by atoms with E-state index in [1.165, 1.54) is 34.1 Å². The predicted molar refractivity (Wildman–Crippen MR) is 167 cm³/mol. The molecule has 274 valence electrons. The van der Waals surface area contributed by atoms with Gasteiger partial charge in [0.15, 0.2) is 0 Å². The molecule has 0 radical (unpaired) electrons. The average molecular weight is 715 g/mol. The monoisotopic (exact) mass is 714 g/mol. The Labute approximate surface area is 285 Å². The number of nitrogens with two attached hydrogens (primary N) is 1. The van der Waals surface area contributed by atoms with Crippen LogP contribution in [0.25, 0.3) is 0 Å². The van der Waals surface area contributed by atoms with E-state index in [-0.39, 0.29) is 49.7 Å². The lowest BCUT2D eigenvalue weighted by Gasteiger charge is -2.54. The number of benzene rings is 2. The van der Waals surface area contributed by atoms with Gasteiger partial charge in [-0.1, -0.05) is 31.4 Å². The van der Waals surface area contributed by atoms with Crippen LogP contribution in [0.4, 0.5) is 35.5 Å². The summed E-state index contributed by atoms with van der Waals surface area (Å²) in [7, 11) is 0. The van der Waals surface area contributed by atoms with Crippen molar-refractivity contribution in [2.75, 3.05) is 26.2 Å². The normalized spacial score (nSPS) is 22.2. The third-order valence-corrected chi connectivity index (χ3v) is 9.79. The Morgan fingerprint density at radius 1 is 0.840 bits per heavy atom. The Balaban J connectivity index is 1.46. The van der Waals surface area contributed by atoms with Crippen LogP contribution in [0.15, 0.2) is 42.5 Å². The van der Waals surface area contributed by atoms with E-state index < -0.39 is 65.7 Å². The first-order valence-electron chi connectivity index (χ1n) is 16.9. The number of hydrogen-bond donors (Lipinski definition) is 1. The number of hydrogen-bond acceptors (Lipinski definition) is 5. The first-order chi connectivity index (χ1) is 23.7. The molecule has 3 amide bonds. The molecule has 50 heavy (non-hydrogen) atoms. The molecule has 3 aliphatic rings. The van der Waals surface area contributed by atoms with Crippen LogP contribution >= 0.6 is 0 Å². The van der Waals surface area contributed by atoms with Crippen molar-refractivity contribution in [3.05, 3.63) is 70.5 Å². The highest BCUT2D eigenvalue weighted by Gasteiger charge is 2.52. The fraction of sp³-hybridized carbons (Fsp3) is 0.571. The van der Waals surface area contributed by atoms with Crippen molar-refractivity contribution < 1.29 is 49.9 Å². The van der Waals surface area contributed by atoms with Crippen molar-refractivity contribution in [2.45, 2.75) is 89.0 Å². The average Bonchev–Trinajstić information content (AvgIpc) is 3.07. The van der Waals surface area contributed by atoms with Crippen LogP contribution in [0.2, 0.25) is 0 Å². The van der Waals surface area contributed by atoms with E-state index >= 15 is 0 Å². The maximum atomic E-state index is 14.2. The zero-order valence-electron chi connectivity index (χ0n) is 27.4. The van der Waals surface area contributed by atoms with Crippen LogP contribution in [-0.4, -0.2) is 71.0 Å². The number of halogens is 7. The SMILES string of the molecule is NCCCC[C@H]1C(=O)N(CC2CCCCC2)C[C@@H]2N(C(=O)OCc3cc(C(F)(F)F)cc(C(F)(F)F)c3)C[C@H](Cc3ccc(F)cc3)C(=O)N21. The number of ether oxygens (including phenoxy) is 1. The highest BCUT2D eigenvalue weighted by atomic mass is 19.4. The summed E-state index contributed by atoms with van der Waals surface area (Å²) in [6.45, 7) is -0.350. The molecule has 1 aliphatic carbocycles. The van der Waals surface area contributed by atoms with E-state index in [9.17, 15) is 45.1 Å². The minimum atomic E-state index is -5.09. The summed E-state index contributed by atoms with van der Waals surface area (Å²) < 4.78 is 100. The molecule has 2 aromatic carbocycles. The third-order valence-electron chi connectivity index (χ3n) is 9.79. The number of unbranched alkanes of at least 4 members (excludes halogenated alkanes) is 1. The van der Waals surface area contributed by atoms with Crippen molar-refractivity contribution in [1.82, 2.24) is 14.7 Å². The number of carbonyl (C=O) groups excluding carboxylic acids is 3. The lowest BCUT2D eigenvalue weighted by atomic mass is 9.87. The minimum Gasteiger partial charge on any atom is -0.444 e. The summed E-state index contributed by atoms with van der Waals surface area (Å²) in [4.78, 5) is 46.4. The van der Waals surface area contributed by atoms with E-state index in [4.69, 9.17) is 10.5 Å². The van der Waals surface area contributed by atoms with Gasteiger partial charge >= 0.3 is 18.4 Å². The second-order valence-corrected chi connectivity index (χ2v) is 13.4. The molecule has 0 bridgehead atoms. The first kappa shape index (κ1) is 37.4. The number of carbonyl (C=O) groups is 3. The van der Waals surface area contributed by atoms with Gasteiger partial charge in [-0.2, -0.15) is 26.3 Å². The molecular weight excluding hydrogens is 673 g/mol. The summed E-state index contributed by atoms with van der Waals surface area (Å²) in [5.41, 5.74) is 2.69. The van der Waals surface area contributed by atoms with Gasteiger partial charge in [0.25, 0.3) is 0 Å². The largest absolute Gasteiger partial charge is 0.444 e. The van der Waals surface area contributed by atoms with Crippen molar-refractivity contribution >= 4 is 17.9 Å². The molecular formula is C35H41F7N4O4. The summed E-state index contributed by atoms with van der Waals surface area (Å²) in [5.74, 6) is -1.80. The Hall–Kier alpha value is -3.88. The molecule has 0 aromatic heterocycles. The molecule has 3 atom stereocenters. The quantitative estimate of drug-likeness (QED) is 0.217. The molecule has 8 nitrogen and oxygen atoms in total. The first-order valence-corrected chi connectivity index (χ1v) is 16.9. The molecule has 5 rings (SSSR count). The van der Waals surface area contributed by atoms with Gasteiger partial charge in [0, 0.05) is 13.1 Å².